The summed E-state index contributed by atoms with van der Waals surface area (Å²) in [5, 5.41) is 1.93. The van der Waals surface area contributed by atoms with Crippen molar-refractivity contribution in [2.45, 2.75) is 31.9 Å². The molecule has 1 aromatic rings. The summed E-state index contributed by atoms with van der Waals surface area (Å²) in [4.78, 5) is 14.7. The molecular weight excluding hydrogens is 262 g/mol. The second-order valence-electron chi connectivity index (χ2n) is 5.22. The fraction of sp³-hybridized carbons (Fsp3) is 0.615. The van der Waals surface area contributed by atoms with Crippen LogP contribution in [0.4, 0.5) is 0 Å². The molecule has 3 N–H and O–H groups in total. The maximum Gasteiger partial charge on any atom is 0.275 e. The third-order valence-corrected chi connectivity index (χ3v) is 4.66. The fourth-order valence-corrected chi connectivity index (χ4v) is 3.39. The molecule has 106 valence electrons. The van der Waals surface area contributed by atoms with Crippen LogP contribution in [0.1, 0.15) is 35.0 Å². The van der Waals surface area contributed by atoms with Gasteiger partial charge in [-0.3, -0.25) is 15.1 Å². The normalized spacial score (nSPS) is 24.4. The molecule has 1 unspecified atom stereocenters. The first kappa shape index (κ1) is 14.5. The van der Waals surface area contributed by atoms with Crippen molar-refractivity contribution in [2.75, 3.05) is 20.2 Å². The largest absolute Gasteiger partial charge is 0.377 e. The predicted octanol–water partition coefficient (Wildman–Crippen LogP) is 1.35. The van der Waals surface area contributed by atoms with E-state index in [4.69, 9.17) is 10.6 Å². The van der Waals surface area contributed by atoms with E-state index in [-0.39, 0.29) is 11.5 Å². The number of nitrogens with zero attached hydrogens (tertiary/aromatic N) is 1. The number of nitrogens with two attached hydrogens (primary N) is 1. The van der Waals surface area contributed by atoms with Gasteiger partial charge in [-0.2, -0.15) is 0 Å². The number of nitrogen functional groups attached to an aromatic ring is 1. The van der Waals surface area contributed by atoms with E-state index in [1.54, 1.807) is 7.11 Å². The van der Waals surface area contributed by atoms with E-state index in [1.165, 1.54) is 11.3 Å². The topological polar surface area (TPSA) is 67.6 Å². The Balaban J connectivity index is 2.05. The van der Waals surface area contributed by atoms with Gasteiger partial charge in [0.05, 0.1) is 10.5 Å². The molecule has 5 nitrogen and oxygen atoms in total. The molecule has 1 atom stereocenters. The van der Waals surface area contributed by atoms with Crippen LogP contribution in [-0.2, 0) is 11.3 Å². The Bertz CT molecular complexity index is 449. The van der Waals surface area contributed by atoms with Crippen molar-refractivity contribution in [3.8, 4) is 0 Å². The molecule has 0 aromatic carbocycles. The molecule has 0 bridgehead atoms. The molecule has 1 amide bonds. The molecule has 1 fully saturated rings. The summed E-state index contributed by atoms with van der Waals surface area (Å²) in [6, 6.07) is 1.99. The van der Waals surface area contributed by atoms with Crippen LogP contribution < -0.4 is 11.3 Å². The van der Waals surface area contributed by atoms with E-state index in [2.05, 4.69) is 17.2 Å². The van der Waals surface area contributed by atoms with Crippen LogP contribution in [0.5, 0.6) is 0 Å². The molecule has 0 saturated carbocycles. The summed E-state index contributed by atoms with van der Waals surface area (Å²) in [6.45, 7) is 4.84. The molecule has 0 aliphatic carbocycles. The fourth-order valence-electron chi connectivity index (χ4n) is 2.58. The number of hydrazine groups is 1. The number of carbonyl (C=O) groups is 1. The molecule has 2 heterocycles. The zero-order valence-electron chi connectivity index (χ0n) is 11.4. The highest BCUT2D eigenvalue weighted by atomic mass is 32.1. The Morgan fingerprint density at radius 1 is 1.68 bits per heavy atom. The van der Waals surface area contributed by atoms with Gasteiger partial charge < -0.3 is 4.74 Å². The van der Waals surface area contributed by atoms with E-state index in [0.29, 0.717) is 4.88 Å². The highest BCUT2D eigenvalue weighted by Crippen LogP contribution is 2.26. The third-order valence-electron chi connectivity index (χ3n) is 3.71. The number of piperidine rings is 1. The summed E-state index contributed by atoms with van der Waals surface area (Å²) >= 11 is 1.43. The quantitative estimate of drug-likeness (QED) is 0.497. The van der Waals surface area contributed by atoms with Crippen molar-refractivity contribution in [1.29, 1.82) is 0 Å². The first-order chi connectivity index (χ1) is 9.08. The number of rotatable bonds is 4. The number of nitrogens with one attached hydrogen (secondary N) is 1. The van der Waals surface area contributed by atoms with Crippen LogP contribution >= 0.6 is 11.3 Å². The smallest absolute Gasteiger partial charge is 0.275 e. The monoisotopic (exact) mass is 283 g/mol. The Kier molecular flexibility index (Phi) is 4.57. The number of thiophene rings is 1. The molecule has 1 saturated heterocycles. The molecular formula is C13H21N3O2S. The molecule has 2 rings (SSSR count). The Morgan fingerprint density at radius 3 is 3.16 bits per heavy atom. The van der Waals surface area contributed by atoms with Gasteiger partial charge in [0.15, 0.2) is 0 Å². The molecule has 6 heteroatoms. The number of amides is 1. The summed E-state index contributed by atoms with van der Waals surface area (Å²) in [5.41, 5.74) is 3.16. The maximum absolute atomic E-state index is 11.7. The van der Waals surface area contributed by atoms with Gasteiger partial charge in [-0.25, -0.2) is 5.84 Å². The van der Waals surface area contributed by atoms with Gasteiger partial charge >= 0.3 is 0 Å². The summed E-state index contributed by atoms with van der Waals surface area (Å²) < 4.78 is 5.59. The Labute approximate surface area is 117 Å². The van der Waals surface area contributed by atoms with Gasteiger partial charge in [-0.15, -0.1) is 11.3 Å². The van der Waals surface area contributed by atoms with E-state index < -0.39 is 0 Å². The summed E-state index contributed by atoms with van der Waals surface area (Å²) in [6.07, 6.45) is 2.20. The average Bonchev–Trinajstić information content (AvgIpc) is 2.86. The number of hydrogen-bond acceptors (Lipinski definition) is 5. The zero-order chi connectivity index (χ0) is 13.9. The number of methoxy groups -OCH3 is 1. The SMILES string of the molecule is COC1(C)CCCN(Cc2ccsc2C(=O)NN)C1. The lowest BCUT2D eigenvalue weighted by Gasteiger charge is -2.39. The minimum absolute atomic E-state index is 0.0788. The van der Waals surface area contributed by atoms with Gasteiger partial charge in [0, 0.05) is 20.2 Å². The average molecular weight is 283 g/mol. The summed E-state index contributed by atoms with van der Waals surface area (Å²) in [5.74, 6) is 4.99. The summed E-state index contributed by atoms with van der Waals surface area (Å²) in [7, 11) is 1.77. The van der Waals surface area contributed by atoms with Gasteiger partial charge in [0.1, 0.15) is 0 Å². The van der Waals surface area contributed by atoms with Gasteiger partial charge in [0.2, 0.25) is 0 Å². The van der Waals surface area contributed by atoms with E-state index in [0.717, 1.165) is 38.0 Å². The van der Waals surface area contributed by atoms with E-state index >= 15 is 0 Å². The predicted molar refractivity (Wildman–Crippen MR) is 75.9 cm³/mol. The highest BCUT2D eigenvalue weighted by Gasteiger charge is 2.31. The molecule has 19 heavy (non-hydrogen) atoms. The van der Waals surface area contributed by atoms with E-state index in [9.17, 15) is 4.79 Å². The maximum atomic E-state index is 11.7. The van der Waals surface area contributed by atoms with Crippen molar-refractivity contribution >= 4 is 17.2 Å². The van der Waals surface area contributed by atoms with Crippen LogP contribution in [0, 0.1) is 0 Å². The van der Waals surface area contributed by atoms with Crippen molar-refractivity contribution in [3.05, 3.63) is 21.9 Å². The van der Waals surface area contributed by atoms with Crippen LogP contribution in [0.15, 0.2) is 11.4 Å². The molecule has 0 spiro atoms. The minimum atomic E-state index is -0.212. The van der Waals surface area contributed by atoms with Crippen molar-refractivity contribution in [2.24, 2.45) is 5.84 Å². The first-order valence-electron chi connectivity index (χ1n) is 6.43. The molecule has 0 radical (unpaired) electrons. The van der Waals surface area contributed by atoms with Crippen molar-refractivity contribution < 1.29 is 9.53 Å². The lowest BCUT2D eigenvalue weighted by molar-refractivity contribution is -0.0526. The van der Waals surface area contributed by atoms with Crippen molar-refractivity contribution in [1.82, 2.24) is 10.3 Å². The highest BCUT2D eigenvalue weighted by molar-refractivity contribution is 7.12. The number of hydrogen-bond donors (Lipinski definition) is 2. The van der Waals surface area contributed by atoms with Crippen LogP contribution in [-0.4, -0.2) is 36.6 Å². The second-order valence-corrected chi connectivity index (χ2v) is 6.13. The van der Waals surface area contributed by atoms with Crippen LogP contribution in [0.2, 0.25) is 0 Å². The number of carbonyl (C=O) groups excluding carboxylic acids is 1. The first-order valence-corrected chi connectivity index (χ1v) is 7.31. The molecule has 1 aromatic heterocycles. The minimum Gasteiger partial charge on any atom is -0.377 e. The lowest BCUT2D eigenvalue weighted by atomic mass is 9.94. The number of likely N-dealkylation sites (tertiary alicyclic amines) is 1. The number of ether oxygens (including phenoxy) is 1. The van der Waals surface area contributed by atoms with Crippen LogP contribution in [0.3, 0.4) is 0 Å². The Morgan fingerprint density at radius 2 is 2.47 bits per heavy atom. The lowest BCUT2D eigenvalue weighted by Crippen LogP contribution is -2.47. The van der Waals surface area contributed by atoms with Gasteiger partial charge in [-0.05, 0) is 43.3 Å². The Hall–Kier alpha value is -0.950. The second kappa shape index (κ2) is 6.00. The zero-order valence-corrected chi connectivity index (χ0v) is 12.3. The van der Waals surface area contributed by atoms with Gasteiger partial charge in [-0.1, -0.05) is 0 Å². The third kappa shape index (κ3) is 3.33. The van der Waals surface area contributed by atoms with Gasteiger partial charge in [0.25, 0.3) is 5.91 Å². The van der Waals surface area contributed by atoms with Crippen LogP contribution in [0.25, 0.3) is 0 Å². The molecule has 1 aliphatic rings. The standard InChI is InChI=1S/C13H21N3O2S/c1-13(18-2)5-3-6-16(9-13)8-10-4-7-19-11(10)12(17)15-14/h4,7H,3,5-6,8-9,14H2,1-2H3,(H,15,17). The van der Waals surface area contributed by atoms with Crippen molar-refractivity contribution in [3.63, 3.8) is 0 Å². The van der Waals surface area contributed by atoms with E-state index in [1.807, 2.05) is 11.4 Å². The molecule has 1 aliphatic heterocycles.